The summed E-state index contributed by atoms with van der Waals surface area (Å²) in [7, 11) is 0. The van der Waals surface area contributed by atoms with Crippen LogP contribution < -0.4 is 5.43 Å². The number of aliphatic hydroxyl groups is 1. The van der Waals surface area contributed by atoms with Crippen molar-refractivity contribution in [2.45, 2.75) is 78.2 Å². The summed E-state index contributed by atoms with van der Waals surface area (Å²) >= 11 is 0. The fourth-order valence-corrected chi connectivity index (χ4v) is 7.74. The van der Waals surface area contributed by atoms with Crippen molar-refractivity contribution in [2.24, 2.45) is 34.5 Å². The van der Waals surface area contributed by atoms with E-state index in [2.05, 4.69) is 30.4 Å². The van der Waals surface area contributed by atoms with Crippen LogP contribution in [0.2, 0.25) is 0 Å². The first-order valence-corrected chi connectivity index (χ1v) is 11.5. The van der Waals surface area contributed by atoms with Crippen molar-refractivity contribution >= 4 is 5.91 Å². The summed E-state index contributed by atoms with van der Waals surface area (Å²) < 4.78 is 0. The standard InChI is InChI=1S/C24H35N3O2/c1-15-10-13-27(25-15)26-22(29)21-7-6-19-18-5-4-16-14-17(28)8-11-23(16,2)20(18)9-12-24(19,21)3/h4,10,13,17-21,28H,5-9,11-12,14H2,1-3H3,(H,26,29)/t17-,18-,19-,20-,21+,23-,24-/m0/s1. The zero-order valence-electron chi connectivity index (χ0n) is 18.0. The first-order valence-electron chi connectivity index (χ1n) is 11.5. The van der Waals surface area contributed by atoms with Crippen molar-refractivity contribution < 1.29 is 9.90 Å². The molecule has 0 bridgehead atoms. The van der Waals surface area contributed by atoms with E-state index in [4.69, 9.17) is 0 Å². The van der Waals surface area contributed by atoms with Crippen LogP contribution in [-0.2, 0) is 4.79 Å². The quantitative estimate of drug-likeness (QED) is 0.735. The normalized spacial score (nSPS) is 43.7. The average Bonchev–Trinajstić information content (AvgIpc) is 3.24. The molecule has 3 fully saturated rings. The summed E-state index contributed by atoms with van der Waals surface area (Å²) in [4.78, 5) is 14.7. The molecule has 0 aromatic carbocycles. The highest BCUT2D eigenvalue weighted by Gasteiger charge is 2.59. The maximum absolute atomic E-state index is 13.2. The van der Waals surface area contributed by atoms with Gasteiger partial charge in [-0.05, 0) is 92.9 Å². The molecule has 0 aliphatic heterocycles. The molecule has 0 saturated heterocycles. The highest BCUT2D eigenvalue weighted by molar-refractivity contribution is 5.87. The molecule has 1 heterocycles. The Morgan fingerprint density at radius 1 is 1.21 bits per heavy atom. The molecule has 158 valence electrons. The lowest BCUT2D eigenvalue weighted by atomic mass is 9.47. The van der Waals surface area contributed by atoms with Crippen molar-refractivity contribution in [3.05, 3.63) is 29.6 Å². The minimum absolute atomic E-state index is 0.0734. The number of carbonyl (C=O) groups is 1. The van der Waals surface area contributed by atoms with E-state index in [-0.39, 0.29) is 28.8 Å². The number of amides is 1. The van der Waals surface area contributed by atoms with Crippen LogP contribution in [0.15, 0.2) is 23.9 Å². The smallest absolute Gasteiger partial charge is 0.243 e. The Morgan fingerprint density at radius 3 is 2.79 bits per heavy atom. The van der Waals surface area contributed by atoms with Crippen molar-refractivity contribution in [1.82, 2.24) is 9.89 Å². The Hall–Kier alpha value is -1.62. The first-order chi connectivity index (χ1) is 13.8. The summed E-state index contributed by atoms with van der Waals surface area (Å²) in [5.74, 6) is 2.23. The number of hydrogen-bond acceptors (Lipinski definition) is 3. The van der Waals surface area contributed by atoms with Gasteiger partial charge in [-0.25, -0.2) is 5.43 Å². The Morgan fingerprint density at radius 2 is 2.03 bits per heavy atom. The molecule has 3 saturated carbocycles. The number of aliphatic hydroxyl groups excluding tert-OH is 1. The van der Waals surface area contributed by atoms with Crippen LogP contribution in [0, 0.1) is 41.4 Å². The number of fused-ring (bicyclic) bond motifs is 5. The molecule has 5 nitrogen and oxygen atoms in total. The highest BCUT2D eigenvalue weighted by atomic mass is 16.3. The number of nitrogens with one attached hydrogen (secondary N) is 1. The molecule has 7 atom stereocenters. The summed E-state index contributed by atoms with van der Waals surface area (Å²) in [5.41, 5.74) is 5.80. The topological polar surface area (TPSA) is 67.2 Å². The Labute approximate surface area is 173 Å². The molecule has 0 radical (unpaired) electrons. The van der Waals surface area contributed by atoms with Gasteiger partial charge in [-0.15, -0.1) is 0 Å². The van der Waals surface area contributed by atoms with Crippen LogP contribution in [0.25, 0.3) is 0 Å². The Bertz CT molecular complexity index is 845. The average molecular weight is 398 g/mol. The van der Waals surface area contributed by atoms with Crippen molar-refractivity contribution in [3.63, 3.8) is 0 Å². The molecule has 1 aromatic rings. The maximum Gasteiger partial charge on any atom is 0.243 e. The van der Waals surface area contributed by atoms with Crippen LogP contribution in [0.3, 0.4) is 0 Å². The van der Waals surface area contributed by atoms with Gasteiger partial charge in [0.05, 0.1) is 11.8 Å². The van der Waals surface area contributed by atoms with Crippen LogP contribution in [0.4, 0.5) is 0 Å². The van der Waals surface area contributed by atoms with Gasteiger partial charge in [-0.1, -0.05) is 25.5 Å². The molecule has 5 heteroatoms. The largest absolute Gasteiger partial charge is 0.393 e. The van der Waals surface area contributed by atoms with Gasteiger partial charge in [0.15, 0.2) is 0 Å². The number of hydrogen-bond donors (Lipinski definition) is 2. The van der Waals surface area contributed by atoms with Gasteiger partial charge < -0.3 is 5.11 Å². The molecule has 4 aliphatic rings. The van der Waals surface area contributed by atoms with E-state index in [1.807, 2.05) is 19.2 Å². The lowest BCUT2D eigenvalue weighted by molar-refractivity contribution is -0.127. The van der Waals surface area contributed by atoms with E-state index in [0.717, 1.165) is 50.6 Å². The van der Waals surface area contributed by atoms with E-state index in [1.165, 1.54) is 12.0 Å². The van der Waals surface area contributed by atoms with Crippen LogP contribution in [0.1, 0.15) is 70.9 Å². The Balaban J connectivity index is 1.37. The zero-order chi connectivity index (χ0) is 20.4. The maximum atomic E-state index is 13.2. The molecule has 1 aromatic heterocycles. The van der Waals surface area contributed by atoms with Gasteiger partial charge in [0.2, 0.25) is 5.91 Å². The molecule has 0 spiro atoms. The minimum Gasteiger partial charge on any atom is -0.393 e. The van der Waals surface area contributed by atoms with Gasteiger partial charge in [0, 0.05) is 12.1 Å². The molecular formula is C24H35N3O2. The van der Waals surface area contributed by atoms with Crippen molar-refractivity contribution in [1.29, 1.82) is 0 Å². The van der Waals surface area contributed by atoms with Crippen molar-refractivity contribution in [2.75, 3.05) is 5.43 Å². The fraction of sp³-hybridized carbons (Fsp3) is 0.750. The monoisotopic (exact) mass is 397 g/mol. The van der Waals surface area contributed by atoms with E-state index in [1.54, 1.807) is 4.79 Å². The highest BCUT2D eigenvalue weighted by Crippen LogP contribution is 2.66. The van der Waals surface area contributed by atoms with Crippen LogP contribution in [0.5, 0.6) is 0 Å². The van der Waals surface area contributed by atoms with Crippen LogP contribution in [-0.4, -0.2) is 27.0 Å². The predicted octanol–water partition coefficient (Wildman–Crippen LogP) is 4.20. The summed E-state index contributed by atoms with van der Waals surface area (Å²) in [6.07, 6.45) is 12.7. The fourth-order valence-electron chi connectivity index (χ4n) is 7.74. The second-order valence-corrected chi connectivity index (χ2v) is 10.7. The van der Waals surface area contributed by atoms with Gasteiger partial charge in [0.25, 0.3) is 0 Å². The molecular weight excluding hydrogens is 362 g/mol. The number of aryl methyl sites for hydroxylation is 1. The lowest BCUT2D eigenvalue weighted by Gasteiger charge is -2.57. The Kier molecular flexibility index (Phi) is 4.47. The van der Waals surface area contributed by atoms with Gasteiger partial charge in [0.1, 0.15) is 0 Å². The van der Waals surface area contributed by atoms with Gasteiger partial charge in [-0.2, -0.15) is 9.89 Å². The second kappa shape index (κ2) is 6.69. The van der Waals surface area contributed by atoms with E-state index in [9.17, 15) is 9.90 Å². The zero-order valence-corrected chi connectivity index (χ0v) is 18.0. The molecule has 4 aliphatic carbocycles. The summed E-state index contributed by atoms with van der Waals surface area (Å²) in [6, 6.07) is 1.92. The lowest BCUT2D eigenvalue weighted by Crippen LogP contribution is -2.51. The first kappa shape index (κ1) is 19.3. The third-order valence-electron chi connectivity index (χ3n) is 9.34. The number of rotatable bonds is 2. The predicted molar refractivity (Wildman–Crippen MR) is 113 cm³/mol. The summed E-state index contributed by atoms with van der Waals surface area (Å²) in [6.45, 7) is 6.78. The number of nitrogens with zero attached hydrogens (tertiary/aromatic N) is 2. The van der Waals surface area contributed by atoms with Gasteiger partial charge in [-0.3, -0.25) is 4.79 Å². The molecule has 5 rings (SSSR count). The van der Waals surface area contributed by atoms with E-state index >= 15 is 0 Å². The third kappa shape index (κ3) is 2.91. The van der Waals surface area contributed by atoms with Crippen molar-refractivity contribution in [3.8, 4) is 0 Å². The van der Waals surface area contributed by atoms with E-state index in [0.29, 0.717) is 17.8 Å². The SMILES string of the molecule is Cc1ccn(NC(=O)[C@H]2CC[C@H]3[C@@H]4CC=C5C[C@@H](O)CC[C@]5(C)[C@H]4CC[C@]23C)n1. The molecule has 29 heavy (non-hydrogen) atoms. The third-order valence-corrected chi connectivity index (χ3v) is 9.34. The number of carbonyl (C=O) groups excluding carboxylic acids is 1. The molecule has 2 N–H and O–H groups in total. The van der Waals surface area contributed by atoms with Crippen LogP contribution >= 0.6 is 0 Å². The summed E-state index contributed by atoms with van der Waals surface area (Å²) in [5, 5.41) is 14.5. The minimum atomic E-state index is -0.148. The van der Waals surface area contributed by atoms with E-state index < -0.39 is 0 Å². The second-order valence-electron chi connectivity index (χ2n) is 10.7. The van der Waals surface area contributed by atoms with Gasteiger partial charge >= 0.3 is 0 Å². The number of allylic oxidation sites excluding steroid dienone is 1. The molecule has 0 unspecified atom stereocenters. The number of aromatic nitrogens is 2. The molecule has 1 amide bonds.